The first kappa shape index (κ1) is 16.1. The molecule has 0 unspecified atom stereocenters. The van der Waals surface area contributed by atoms with E-state index in [-0.39, 0.29) is 0 Å². The van der Waals surface area contributed by atoms with Gasteiger partial charge in [0.25, 0.3) is 0 Å². The van der Waals surface area contributed by atoms with Gasteiger partial charge in [-0.25, -0.2) is 4.98 Å². The molecule has 0 saturated carbocycles. The molecule has 0 radical (unpaired) electrons. The minimum absolute atomic E-state index is 0.742. The van der Waals surface area contributed by atoms with E-state index in [4.69, 9.17) is 9.47 Å². The molecule has 0 spiro atoms. The predicted octanol–water partition coefficient (Wildman–Crippen LogP) is 3.18. The molecule has 0 fully saturated rings. The Hall–Kier alpha value is -2.79. The highest BCUT2D eigenvalue weighted by atomic mass is 16.5. The molecule has 24 heavy (non-hydrogen) atoms. The minimum atomic E-state index is 0.742. The van der Waals surface area contributed by atoms with Crippen LogP contribution in [0.5, 0.6) is 11.5 Å². The van der Waals surface area contributed by atoms with Gasteiger partial charge in [-0.1, -0.05) is 24.3 Å². The van der Waals surface area contributed by atoms with E-state index < -0.39 is 0 Å². The molecule has 0 aliphatic rings. The Labute approximate surface area is 141 Å². The average Bonchev–Trinajstić information content (AvgIpc) is 3.16. The molecular formula is C19H21N3O2. The molecule has 0 aliphatic carbocycles. The van der Waals surface area contributed by atoms with Gasteiger partial charge in [-0.2, -0.15) is 0 Å². The van der Waals surface area contributed by atoms with E-state index in [2.05, 4.69) is 22.4 Å². The van der Waals surface area contributed by atoms with Crippen LogP contribution in [0.1, 0.15) is 11.1 Å². The van der Waals surface area contributed by atoms with Gasteiger partial charge in [0.15, 0.2) is 11.5 Å². The Kier molecular flexibility index (Phi) is 5.13. The standard InChI is InChI=1S/C19H21N3O2/c1-23-18-8-7-15(11-19(18)24-2)12-21-13-16-5-3-4-6-17(16)22-10-9-20-14-22/h3-11,14,21H,12-13H2,1-2H3. The van der Waals surface area contributed by atoms with E-state index >= 15 is 0 Å². The van der Waals surface area contributed by atoms with Crippen molar-refractivity contribution in [2.24, 2.45) is 0 Å². The smallest absolute Gasteiger partial charge is 0.161 e. The van der Waals surface area contributed by atoms with Crippen LogP contribution in [-0.4, -0.2) is 23.8 Å². The van der Waals surface area contributed by atoms with Crippen LogP contribution in [0.4, 0.5) is 0 Å². The molecule has 3 rings (SSSR count). The second-order valence-corrected chi connectivity index (χ2v) is 5.39. The van der Waals surface area contributed by atoms with Gasteiger partial charge in [0.05, 0.1) is 26.2 Å². The Bertz CT molecular complexity index is 785. The molecule has 5 nitrogen and oxygen atoms in total. The van der Waals surface area contributed by atoms with Gasteiger partial charge in [0.2, 0.25) is 0 Å². The van der Waals surface area contributed by atoms with Gasteiger partial charge in [-0.15, -0.1) is 0 Å². The lowest BCUT2D eigenvalue weighted by atomic mass is 10.1. The maximum absolute atomic E-state index is 5.35. The van der Waals surface area contributed by atoms with E-state index in [1.165, 1.54) is 5.56 Å². The number of hydrogen-bond acceptors (Lipinski definition) is 4. The van der Waals surface area contributed by atoms with E-state index in [1.54, 1.807) is 20.4 Å². The Morgan fingerprint density at radius 2 is 1.83 bits per heavy atom. The van der Waals surface area contributed by atoms with Crippen molar-refractivity contribution in [3.63, 3.8) is 0 Å². The largest absolute Gasteiger partial charge is 0.493 e. The highest BCUT2D eigenvalue weighted by Crippen LogP contribution is 2.27. The molecule has 0 amide bonds. The van der Waals surface area contributed by atoms with Gasteiger partial charge in [0.1, 0.15) is 0 Å². The highest BCUT2D eigenvalue weighted by Gasteiger charge is 2.06. The lowest BCUT2D eigenvalue weighted by Gasteiger charge is -2.12. The number of methoxy groups -OCH3 is 2. The first-order valence-electron chi connectivity index (χ1n) is 7.79. The number of imidazole rings is 1. The van der Waals surface area contributed by atoms with Crippen LogP contribution in [-0.2, 0) is 13.1 Å². The fraction of sp³-hybridized carbons (Fsp3) is 0.211. The summed E-state index contributed by atoms with van der Waals surface area (Å²) in [5, 5.41) is 3.48. The van der Waals surface area contributed by atoms with Crippen molar-refractivity contribution in [1.82, 2.24) is 14.9 Å². The second-order valence-electron chi connectivity index (χ2n) is 5.39. The zero-order valence-electron chi connectivity index (χ0n) is 13.9. The fourth-order valence-electron chi connectivity index (χ4n) is 2.65. The van der Waals surface area contributed by atoms with Gasteiger partial charge in [-0.05, 0) is 29.3 Å². The number of hydrogen-bond donors (Lipinski definition) is 1. The van der Waals surface area contributed by atoms with Crippen molar-refractivity contribution in [1.29, 1.82) is 0 Å². The molecule has 2 aromatic carbocycles. The number of para-hydroxylation sites is 1. The van der Waals surface area contributed by atoms with Crippen LogP contribution in [0, 0.1) is 0 Å². The lowest BCUT2D eigenvalue weighted by Crippen LogP contribution is -2.14. The van der Waals surface area contributed by atoms with E-state index in [0.717, 1.165) is 35.8 Å². The highest BCUT2D eigenvalue weighted by molar-refractivity contribution is 5.43. The van der Waals surface area contributed by atoms with E-state index in [9.17, 15) is 0 Å². The topological polar surface area (TPSA) is 48.3 Å². The zero-order valence-corrected chi connectivity index (χ0v) is 13.9. The molecule has 0 bridgehead atoms. The third-order valence-corrected chi connectivity index (χ3v) is 3.87. The molecule has 1 aromatic heterocycles. The number of ether oxygens (including phenoxy) is 2. The van der Waals surface area contributed by atoms with Crippen molar-refractivity contribution in [3.8, 4) is 17.2 Å². The van der Waals surface area contributed by atoms with Crippen molar-refractivity contribution >= 4 is 0 Å². The molecule has 5 heteroatoms. The SMILES string of the molecule is COc1ccc(CNCc2ccccc2-n2ccnc2)cc1OC. The first-order valence-corrected chi connectivity index (χ1v) is 7.79. The lowest BCUT2D eigenvalue weighted by molar-refractivity contribution is 0.354. The minimum Gasteiger partial charge on any atom is -0.493 e. The van der Waals surface area contributed by atoms with E-state index in [1.807, 2.05) is 47.4 Å². The van der Waals surface area contributed by atoms with Gasteiger partial charge in [-0.3, -0.25) is 0 Å². The molecule has 1 heterocycles. The monoisotopic (exact) mass is 323 g/mol. The third-order valence-electron chi connectivity index (χ3n) is 3.87. The van der Waals surface area contributed by atoms with Gasteiger partial charge in [0, 0.05) is 25.5 Å². The van der Waals surface area contributed by atoms with Crippen LogP contribution in [0.2, 0.25) is 0 Å². The Balaban J connectivity index is 1.67. The number of nitrogens with zero attached hydrogens (tertiary/aromatic N) is 2. The first-order chi connectivity index (χ1) is 11.8. The Morgan fingerprint density at radius 1 is 1.00 bits per heavy atom. The summed E-state index contributed by atoms with van der Waals surface area (Å²) in [5.74, 6) is 1.49. The third kappa shape index (κ3) is 3.58. The molecule has 3 aromatic rings. The summed E-state index contributed by atoms with van der Waals surface area (Å²) in [7, 11) is 3.29. The maximum Gasteiger partial charge on any atom is 0.161 e. The molecular weight excluding hydrogens is 302 g/mol. The van der Waals surface area contributed by atoms with Crippen molar-refractivity contribution < 1.29 is 9.47 Å². The van der Waals surface area contributed by atoms with Crippen molar-refractivity contribution in [3.05, 3.63) is 72.3 Å². The van der Waals surface area contributed by atoms with Crippen LogP contribution in [0.25, 0.3) is 5.69 Å². The Morgan fingerprint density at radius 3 is 2.58 bits per heavy atom. The van der Waals surface area contributed by atoms with Crippen LogP contribution in [0.3, 0.4) is 0 Å². The quantitative estimate of drug-likeness (QED) is 0.725. The van der Waals surface area contributed by atoms with Crippen molar-refractivity contribution in [2.75, 3.05) is 14.2 Å². The molecule has 0 saturated heterocycles. The summed E-state index contributed by atoms with van der Waals surface area (Å²) in [4.78, 5) is 4.12. The van der Waals surface area contributed by atoms with Gasteiger partial charge < -0.3 is 19.4 Å². The average molecular weight is 323 g/mol. The summed E-state index contributed by atoms with van der Waals surface area (Å²) < 4.78 is 12.6. The maximum atomic E-state index is 5.35. The predicted molar refractivity (Wildman–Crippen MR) is 93.7 cm³/mol. The zero-order chi connectivity index (χ0) is 16.8. The fourth-order valence-corrected chi connectivity index (χ4v) is 2.65. The summed E-state index contributed by atoms with van der Waals surface area (Å²) in [6.07, 6.45) is 5.55. The molecule has 0 atom stereocenters. The summed E-state index contributed by atoms with van der Waals surface area (Å²) in [6.45, 7) is 1.52. The summed E-state index contributed by atoms with van der Waals surface area (Å²) in [5.41, 5.74) is 3.50. The molecule has 1 N–H and O–H groups in total. The number of benzene rings is 2. The number of rotatable bonds is 7. The summed E-state index contributed by atoms with van der Waals surface area (Å²) >= 11 is 0. The van der Waals surface area contributed by atoms with Crippen LogP contribution < -0.4 is 14.8 Å². The van der Waals surface area contributed by atoms with E-state index in [0.29, 0.717) is 0 Å². The van der Waals surface area contributed by atoms with Crippen LogP contribution >= 0.6 is 0 Å². The summed E-state index contributed by atoms with van der Waals surface area (Å²) in [6, 6.07) is 14.3. The molecule has 0 aliphatic heterocycles. The van der Waals surface area contributed by atoms with Crippen molar-refractivity contribution in [2.45, 2.75) is 13.1 Å². The normalized spacial score (nSPS) is 10.6. The van der Waals surface area contributed by atoms with Gasteiger partial charge >= 0.3 is 0 Å². The number of nitrogens with one attached hydrogen (secondary N) is 1. The molecule has 124 valence electrons. The number of aromatic nitrogens is 2. The van der Waals surface area contributed by atoms with Crippen LogP contribution in [0.15, 0.2) is 61.2 Å². The second kappa shape index (κ2) is 7.66.